The van der Waals surface area contributed by atoms with Gasteiger partial charge >= 0.3 is 12.6 Å². The highest BCUT2D eigenvalue weighted by atomic mass is 32.1. The van der Waals surface area contributed by atoms with Crippen molar-refractivity contribution in [2.24, 2.45) is 0 Å². The molecule has 7 nitrogen and oxygen atoms in total. The first kappa shape index (κ1) is 18.7. The number of carbonyl (C=O) groups is 2. The third-order valence-electron chi connectivity index (χ3n) is 2.73. The lowest BCUT2D eigenvalue weighted by Crippen LogP contribution is -2.21. The van der Waals surface area contributed by atoms with Gasteiger partial charge in [0, 0.05) is 18.2 Å². The molecule has 1 N–H and O–H groups in total. The van der Waals surface area contributed by atoms with Crippen LogP contribution in [0.4, 0.5) is 14.5 Å². The number of ether oxygens (including phenoxy) is 3. The van der Waals surface area contributed by atoms with Crippen molar-refractivity contribution in [3.63, 3.8) is 0 Å². The van der Waals surface area contributed by atoms with Crippen molar-refractivity contribution in [2.75, 3.05) is 19.0 Å². The predicted octanol–water partition coefficient (Wildman–Crippen LogP) is 2.69. The van der Waals surface area contributed by atoms with E-state index in [1.165, 1.54) is 48.1 Å². The topological polar surface area (TPSA) is 86.8 Å². The maximum absolute atomic E-state index is 12.0. The molecule has 10 heteroatoms. The first-order valence-electron chi connectivity index (χ1n) is 6.93. The van der Waals surface area contributed by atoms with Crippen molar-refractivity contribution < 1.29 is 32.6 Å². The Labute approximate surface area is 145 Å². The number of nitrogens with zero attached hydrogens (tertiary/aromatic N) is 1. The highest BCUT2D eigenvalue weighted by Gasteiger charge is 2.14. The average molecular weight is 372 g/mol. The lowest BCUT2D eigenvalue weighted by molar-refractivity contribution is -0.119. The molecular weight excluding hydrogens is 358 g/mol. The molecule has 0 aliphatic rings. The van der Waals surface area contributed by atoms with Crippen molar-refractivity contribution in [3.8, 4) is 5.75 Å². The number of anilines is 1. The van der Waals surface area contributed by atoms with Crippen LogP contribution in [0, 0.1) is 0 Å². The van der Waals surface area contributed by atoms with E-state index in [0.29, 0.717) is 10.7 Å². The van der Waals surface area contributed by atoms with Crippen LogP contribution < -0.4 is 10.1 Å². The SMILES string of the molecule is COCc1nc(C(=O)OCC(=O)Nc2ccc(OC(F)F)cc2)cs1. The van der Waals surface area contributed by atoms with Gasteiger partial charge in [0.25, 0.3) is 5.91 Å². The van der Waals surface area contributed by atoms with Gasteiger partial charge in [-0.1, -0.05) is 0 Å². The highest BCUT2D eigenvalue weighted by Crippen LogP contribution is 2.17. The maximum Gasteiger partial charge on any atom is 0.387 e. The Bertz CT molecular complexity index is 721. The normalized spacial score (nSPS) is 10.6. The Morgan fingerprint density at radius 1 is 1.28 bits per heavy atom. The van der Waals surface area contributed by atoms with E-state index in [9.17, 15) is 18.4 Å². The van der Waals surface area contributed by atoms with Gasteiger partial charge in [-0.05, 0) is 24.3 Å². The molecule has 0 atom stereocenters. The van der Waals surface area contributed by atoms with Crippen molar-refractivity contribution in [1.29, 1.82) is 0 Å². The Morgan fingerprint density at radius 3 is 2.64 bits per heavy atom. The first-order chi connectivity index (χ1) is 12.0. The Hall–Kier alpha value is -2.59. The molecule has 1 heterocycles. The summed E-state index contributed by atoms with van der Waals surface area (Å²) in [6, 6.07) is 5.32. The standard InChI is InChI=1S/C15H14F2N2O5S/c1-22-7-13-19-11(8-25-13)14(21)23-6-12(20)18-9-2-4-10(5-3-9)24-15(16)17/h2-5,8,15H,6-7H2,1H3,(H,18,20). The van der Waals surface area contributed by atoms with Gasteiger partial charge in [0.05, 0.1) is 6.61 Å². The molecule has 2 aromatic rings. The van der Waals surface area contributed by atoms with Crippen LogP contribution in [-0.2, 0) is 20.9 Å². The summed E-state index contributed by atoms with van der Waals surface area (Å²) in [6.45, 7) is -3.15. The van der Waals surface area contributed by atoms with Crippen molar-refractivity contribution in [1.82, 2.24) is 4.98 Å². The third-order valence-corrected chi connectivity index (χ3v) is 3.55. The number of esters is 1. The third kappa shape index (κ3) is 6.08. The van der Waals surface area contributed by atoms with E-state index in [1.54, 1.807) is 0 Å². The minimum atomic E-state index is -2.92. The van der Waals surface area contributed by atoms with E-state index in [0.717, 1.165) is 0 Å². The van der Waals surface area contributed by atoms with Gasteiger partial charge in [0.1, 0.15) is 10.8 Å². The second-order valence-electron chi connectivity index (χ2n) is 4.59. The van der Waals surface area contributed by atoms with Crippen LogP contribution in [0.15, 0.2) is 29.6 Å². The number of thiazole rings is 1. The van der Waals surface area contributed by atoms with Crippen molar-refractivity contribution >= 4 is 28.9 Å². The van der Waals surface area contributed by atoms with Gasteiger partial charge in [0.2, 0.25) is 0 Å². The maximum atomic E-state index is 12.0. The number of alkyl halides is 2. The van der Waals surface area contributed by atoms with Crippen molar-refractivity contribution in [3.05, 3.63) is 40.3 Å². The van der Waals surface area contributed by atoms with Gasteiger partial charge < -0.3 is 19.5 Å². The summed E-state index contributed by atoms with van der Waals surface area (Å²) in [6.07, 6.45) is 0. The fourth-order valence-electron chi connectivity index (χ4n) is 1.72. The van der Waals surface area contributed by atoms with E-state index in [4.69, 9.17) is 9.47 Å². The fraction of sp³-hybridized carbons (Fsp3) is 0.267. The number of carbonyl (C=O) groups excluding carboxylic acids is 2. The molecule has 2 rings (SSSR count). The molecule has 0 saturated heterocycles. The van der Waals surface area contributed by atoms with Gasteiger partial charge in [-0.25, -0.2) is 9.78 Å². The van der Waals surface area contributed by atoms with Crippen molar-refractivity contribution in [2.45, 2.75) is 13.2 Å². The molecule has 0 radical (unpaired) electrons. The number of hydrogen-bond donors (Lipinski definition) is 1. The minimum absolute atomic E-state index is 0.0326. The summed E-state index contributed by atoms with van der Waals surface area (Å²) in [4.78, 5) is 27.5. The quantitative estimate of drug-likeness (QED) is 0.717. The highest BCUT2D eigenvalue weighted by molar-refractivity contribution is 7.09. The second-order valence-corrected chi connectivity index (χ2v) is 5.53. The molecule has 0 aliphatic carbocycles. The van der Waals surface area contributed by atoms with E-state index in [-0.39, 0.29) is 18.1 Å². The number of amides is 1. The Morgan fingerprint density at radius 2 is 2.00 bits per heavy atom. The Kier molecular flexibility index (Phi) is 6.78. The lowest BCUT2D eigenvalue weighted by Gasteiger charge is -2.07. The lowest BCUT2D eigenvalue weighted by atomic mass is 10.3. The second kappa shape index (κ2) is 9.04. The Balaban J connectivity index is 1.80. The molecule has 0 bridgehead atoms. The molecule has 1 amide bonds. The molecule has 1 aromatic heterocycles. The molecule has 25 heavy (non-hydrogen) atoms. The zero-order valence-electron chi connectivity index (χ0n) is 13.0. The van der Waals surface area contributed by atoms with Gasteiger partial charge in [-0.3, -0.25) is 4.79 Å². The zero-order valence-corrected chi connectivity index (χ0v) is 13.8. The summed E-state index contributed by atoms with van der Waals surface area (Å²) < 4.78 is 38.0. The number of halogens is 2. The summed E-state index contributed by atoms with van der Waals surface area (Å²) in [5.41, 5.74) is 0.442. The molecule has 0 unspecified atom stereocenters. The van der Waals surface area contributed by atoms with Crippen LogP contribution in [0.5, 0.6) is 5.75 Å². The largest absolute Gasteiger partial charge is 0.451 e. The number of rotatable bonds is 8. The van der Waals surface area contributed by atoms with E-state index < -0.39 is 25.1 Å². The smallest absolute Gasteiger partial charge is 0.387 e. The molecule has 0 aliphatic heterocycles. The minimum Gasteiger partial charge on any atom is -0.451 e. The van der Waals surface area contributed by atoms with Gasteiger partial charge in [-0.2, -0.15) is 8.78 Å². The van der Waals surface area contributed by atoms with E-state index in [2.05, 4.69) is 15.0 Å². The molecule has 1 aromatic carbocycles. The number of benzene rings is 1. The van der Waals surface area contributed by atoms with E-state index >= 15 is 0 Å². The van der Waals surface area contributed by atoms with Gasteiger partial charge in [0.15, 0.2) is 12.3 Å². The summed E-state index contributed by atoms with van der Waals surface area (Å²) in [7, 11) is 1.51. The summed E-state index contributed by atoms with van der Waals surface area (Å²) in [5, 5.41) is 4.58. The number of methoxy groups -OCH3 is 1. The molecule has 134 valence electrons. The predicted molar refractivity (Wildman–Crippen MR) is 84.8 cm³/mol. The average Bonchev–Trinajstić information content (AvgIpc) is 3.03. The molecule has 0 fully saturated rings. The fourth-order valence-corrected chi connectivity index (χ4v) is 2.45. The summed E-state index contributed by atoms with van der Waals surface area (Å²) >= 11 is 1.24. The zero-order chi connectivity index (χ0) is 18.2. The van der Waals surface area contributed by atoms with Crippen LogP contribution in [0.1, 0.15) is 15.5 Å². The van der Waals surface area contributed by atoms with Crippen LogP contribution in [0.2, 0.25) is 0 Å². The molecule has 0 spiro atoms. The van der Waals surface area contributed by atoms with Crippen LogP contribution in [-0.4, -0.2) is 37.2 Å². The van der Waals surface area contributed by atoms with Crippen LogP contribution in [0.25, 0.3) is 0 Å². The van der Waals surface area contributed by atoms with Gasteiger partial charge in [-0.15, -0.1) is 11.3 Å². The summed E-state index contributed by atoms with van der Waals surface area (Å²) in [5.74, 6) is -1.34. The first-order valence-corrected chi connectivity index (χ1v) is 7.81. The molecule has 0 saturated carbocycles. The number of aromatic nitrogens is 1. The molecular formula is C15H14F2N2O5S. The van der Waals surface area contributed by atoms with Crippen LogP contribution >= 0.6 is 11.3 Å². The number of nitrogens with one attached hydrogen (secondary N) is 1. The number of hydrogen-bond acceptors (Lipinski definition) is 7. The van der Waals surface area contributed by atoms with Crippen LogP contribution in [0.3, 0.4) is 0 Å². The monoisotopic (exact) mass is 372 g/mol. The van der Waals surface area contributed by atoms with E-state index in [1.807, 2.05) is 0 Å².